The maximum Gasteiger partial charge on any atom is 0.169 e. The first-order valence-corrected chi connectivity index (χ1v) is 7.16. The molecule has 0 aliphatic heterocycles. The van der Waals surface area contributed by atoms with Crippen LogP contribution in [0.25, 0.3) is 0 Å². The van der Waals surface area contributed by atoms with Crippen LogP contribution in [0.15, 0.2) is 33.4 Å². The summed E-state index contributed by atoms with van der Waals surface area (Å²) in [5, 5.41) is 3.22. The van der Waals surface area contributed by atoms with Crippen molar-refractivity contribution in [2.75, 3.05) is 28.4 Å². The van der Waals surface area contributed by atoms with Crippen molar-refractivity contribution in [2.24, 2.45) is 0 Å². The Balaban J connectivity index is 2.54. The number of halogens is 1. The van der Waals surface area contributed by atoms with Crippen LogP contribution in [-0.4, -0.2) is 28.4 Å². The average Bonchev–Trinajstić information content (AvgIpc) is 2.93. The van der Waals surface area contributed by atoms with Gasteiger partial charge >= 0.3 is 0 Å². The van der Waals surface area contributed by atoms with E-state index >= 15 is 0 Å². The van der Waals surface area contributed by atoms with E-state index in [4.69, 9.17) is 18.6 Å². The third-order valence-electron chi connectivity index (χ3n) is 3.21. The Morgan fingerprint density at radius 2 is 1.62 bits per heavy atom. The van der Waals surface area contributed by atoms with Gasteiger partial charge in [0, 0.05) is 11.6 Å². The minimum atomic E-state index is -0.161. The zero-order valence-electron chi connectivity index (χ0n) is 12.4. The molecule has 1 heterocycles. The average molecular weight is 356 g/mol. The molecule has 1 atom stereocenters. The van der Waals surface area contributed by atoms with Crippen molar-refractivity contribution < 1.29 is 18.6 Å². The molecule has 0 aliphatic rings. The van der Waals surface area contributed by atoms with E-state index in [1.165, 1.54) is 0 Å². The van der Waals surface area contributed by atoms with Gasteiger partial charge in [0.1, 0.15) is 11.5 Å². The Bertz CT molecular complexity index is 612. The molecule has 0 aliphatic carbocycles. The van der Waals surface area contributed by atoms with E-state index in [1.54, 1.807) is 27.4 Å². The normalized spacial score (nSPS) is 12.0. The summed E-state index contributed by atoms with van der Waals surface area (Å²) in [6.45, 7) is 0. The standard InChI is InChI=1S/C15H18BrNO4/c1-17-15(10-5-6-14(16)21-10)9-7-12(19-3)13(20-4)8-11(9)18-2/h5-8,15,17H,1-4H3. The molecule has 1 aromatic carbocycles. The second-order valence-corrected chi connectivity index (χ2v) is 5.09. The van der Waals surface area contributed by atoms with Crippen molar-refractivity contribution >= 4 is 15.9 Å². The number of hydrogen-bond donors (Lipinski definition) is 1. The summed E-state index contributed by atoms with van der Waals surface area (Å²) in [5.41, 5.74) is 0.902. The third-order valence-corrected chi connectivity index (χ3v) is 3.64. The van der Waals surface area contributed by atoms with Crippen molar-refractivity contribution in [3.63, 3.8) is 0 Å². The molecule has 2 rings (SSSR count). The minimum absolute atomic E-state index is 0.161. The lowest BCUT2D eigenvalue weighted by molar-refractivity contribution is 0.344. The molecule has 0 amide bonds. The summed E-state index contributed by atoms with van der Waals surface area (Å²) < 4.78 is 22.5. The van der Waals surface area contributed by atoms with E-state index in [-0.39, 0.29) is 6.04 Å². The van der Waals surface area contributed by atoms with Crippen LogP contribution in [0.2, 0.25) is 0 Å². The lowest BCUT2D eigenvalue weighted by atomic mass is 10.0. The maximum atomic E-state index is 5.65. The molecule has 5 nitrogen and oxygen atoms in total. The summed E-state index contributed by atoms with van der Waals surface area (Å²) in [5.74, 6) is 2.72. The zero-order valence-corrected chi connectivity index (χ0v) is 14.0. The first-order chi connectivity index (χ1) is 10.1. The van der Waals surface area contributed by atoms with Crippen LogP contribution in [0.5, 0.6) is 17.2 Å². The number of rotatable bonds is 6. The monoisotopic (exact) mass is 355 g/mol. The van der Waals surface area contributed by atoms with Crippen LogP contribution in [0.4, 0.5) is 0 Å². The SMILES string of the molecule is CNC(c1ccc(Br)o1)c1cc(OC)c(OC)cc1OC. The van der Waals surface area contributed by atoms with Crippen molar-refractivity contribution in [3.8, 4) is 17.2 Å². The van der Waals surface area contributed by atoms with E-state index in [1.807, 2.05) is 25.2 Å². The largest absolute Gasteiger partial charge is 0.496 e. The van der Waals surface area contributed by atoms with Crippen LogP contribution in [0.3, 0.4) is 0 Å². The summed E-state index contributed by atoms with van der Waals surface area (Å²) in [6.07, 6.45) is 0. The number of hydrogen-bond acceptors (Lipinski definition) is 5. The van der Waals surface area contributed by atoms with E-state index in [2.05, 4.69) is 21.2 Å². The number of nitrogens with one attached hydrogen (secondary N) is 1. The summed E-state index contributed by atoms with van der Waals surface area (Å²) in [6, 6.07) is 7.28. The fourth-order valence-electron chi connectivity index (χ4n) is 2.21. The molecule has 2 aromatic rings. The van der Waals surface area contributed by atoms with Gasteiger partial charge in [-0.3, -0.25) is 0 Å². The highest BCUT2D eigenvalue weighted by Crippen LogP contribution is 2.39. The molecule has 0 fully saturated rings. The Morgan fingerprint density at radius 1 is 1.00 bits per heavy atom. The van der Waals surface area contributed by atoms with Gasteiger partial charge in [-0.2, -0.15) is 0 Å². The molecule has 1 N–H and O–H groups in total. The van der Waals surface area contributed by atoms with Crippen LogP contribution >= 0.6 is 15.9 Å². The van der Waals surface area contributed by atoms with Crippen molar-refractivity contribution in [3.05, 3.63) is 40.3 Å². The van der Waals surface area contributed by atoms with Gasteiger partial charge in [0.25, 0.3) is 0 Å². The molecule has 114 valence electrons. The molecule has 0 saturated carbocycles. The number of benzene rings is 1. The lowest BCUT2D eigenvalue weighted by Gasteiger charge is -2.20. The van der Waals surface area contributed by atoms with E-state index < -0.39 is 0 Å². The highest BCUT2D eigenvalue weighted by molar-refractivity contribution is 9.10. The Labute approximate surface area is 132 Å². The Kier molecular flexibility index (Phi) is 5.14. The molecular formula is C15H18BrNO4. The van der Waals surface area contributed by atoms with Gasteiger partial charge in [0.05, 0.1) is 27.4 Å². The maximum absolute atomic E-state index is 5.65. The van der Waals surface area contributed by atoms with E-state index in [0.29, 0.717) is 21.9 Å². The molecule has 6 heteroatoms. The molecule has 1 unspecified atom stereocenters. The second-order valence-electron chi connectivity index (χ2n) is 4.31. The van der Waals surface area contributed by atoms with Gasteiger partial charge in [-0.25, -0.2) is 0 Å². The van der Waals surface area contributed by atoms with Gasteiger partial charge < -0.3 is 23.9 Å². The predicted octanol–water partition coefficient (Wildman–Crippen LogP) is 3.38. The smallest absolute Gasteiger partial charge is 0.169 e. The Morgan fingerprint density at radius 3 is 2.10 bits per heavy atom. The van der Waals surface area contributed by atoms with E-state index in [9.17, 15) is 0 Å². The van der Waals surface area contributed by atoms with Crippen LogP contribution < -0.4 is 19.5 Å². The van der Waals surface area contributed by atoms with Crippen LogP contribution in [0, 0.1) is 0 Å². The van der Waals surface area contributed by atoms with Gasteiger partial charge in [0.15, 0.2) is 16.2 Å². The molecule has 1 aromatic heterocycles. The highest BCUT2D eigenvalue weighted by Gasteiger charge is 2.22. The fraction of sp³-hybridized carbons (Fsp3) is 0.333. The van der Waals surface area contributed by atoms with Crippen molar-refractivity contribution in [2.45, 2.75) is 6.04 Å². The Hall–Kier alpha value is -1.66. The van der Waals surface area contributed by atoms with Gasteiger partial charge in [0.2, 0.25) is 0 Å². The van der Waals surface area contributed by atoms with Gasteiger partial charge in [-0.15, -0.1) is 0 Å². The van der Waals surface area contributed by atoms with Crippen LogP contribution in [-0.2, 0) is 0 Å². The van der Waals surface area contributed by atoms with Gasteiger partial charge in [-0.1, -0.05) is 0 Å². The van der Waals surface area contributed by atoms with Gasteiger partial charge in [-0.05, 0) is 41.2 Å². The van der Waals surface area contributed by atoms with Crippen LogP contribution in [0.1, 0.15) is 17.4 Å². The first kappa shape index (κ1) is 15.7. The molecule has 0 saturated heterocycles. The predicted molar refractivity (Wildman–Crippen MR) is 83.4 cm³/mol. The topological polar surface area (TPSA) is 52.9 Å². The zero-order chi connectivity index (χ0) is 15.4. The summed E-state index contributed by atoms with van der Waals surface area (Å²) in [7, 11) is 6.68. The molecule has 0 radical (unpaired) electrons. The molecule has 0 bridgehead atoms. The highest BCUT2D eigenvalue weighted by atomic mass is 79.9. The quantitative estimate of drug-likeness (QED) is 0.860. The number of ether oxygens (including phenoxy) is 3. The summed E-state index contributed by atoms with van der Waals surface area (Å²) >= 11 is 3.32. The lowest BCUT2D eigenvalue weighted by Crippen LogP contribution is -2.18. The van der Waals surface area contributed by atoms with E-state index in [0.717, 1.165) is 11.3 Å². The molecule has 0 spiro atoms. The van der Waals surface area contributed by atoms with Crippen molar-refractivity contribution in [1.82, 2.24) is 5.32 Å². The minimum Gasteiger partial charge on any atom is -0.496 e. The first-order valence-electron chi connectivity index (χ1n) is 6.37. The molecule has 21 heavy (non-hydrogen) atoms. The third kappa shape index (κ3) is 3.16. The second kappa shape index (κ2) is 6.87. The number of methoxy groups -OCH3 is 3. The number of furan rings is 1. The molecular weight excluding hydrogens is 338 g/mol. The fourth-order valence-corrected chi connectivity index (χ4v) is 2.53. The summed E-state index contributed by atoms with van der Waals surface area (Å²) in [4.78, 5) is 0. The van der Waals surface area contributed by atoms with Crippen molar-refractivity contribution in [1.29, 1.82) is 0 Å².